The van der Waals surface area contributed by atoms with Gasteiger partial charge in [0.25, 0.3) is 0 Å². The number of aromatic hydroxyl groups is 1. The van der Waals surface area contributed by atoms with Gasteiger partial charge in [0.2, 0.25) is 5.88 Å². The van der Waals surface area contributed by atoms with E-state index in [1.165, 1.54) is 11.8 Å². The van der Waals surface area contributed by atoms with E-state index < -0.39 is 0 Å². The number of aryl methyl sites for hydroxylation is 1. The summed E-state index contributed by atoms with van der Waals surface area (Å²) in [5, 5.41) is 11.1. The summed E-state index contributed by atoms with van der Waals surface area (Å²) in [6.07, 6.45) is 0. The van der Waals surface area contributed by atoms with Crippen LogP contribution in [0.15, 0.2) is 47.6 Å². The predicted molar refractivity (Wildman–Crippen MR) is 87.0 cm³/mol. The second-order valence-electron chi connectivity index (χ2n) is 4.43. The first-order valence-electron chi connectivity index (χ1n) is 6.23. The molecule has 0 fully saturated rings. The summed E-state index contributed by atoms with van der Waals surface area (Å²) in [6.45, 7) is 1.83. The third-order valence-electron chi connectivity index (χ3n) is 2.83. The molecule has 0 atom stereocenters. The molecule has 0 aliphatic heterocycles. The van der Waals surface area contributed by atoms with Gasteiger partial charge in [-0.1, -0.05) is 36.0 Å². The van der Waals surface area contributed by atoms with Crippen LogP contribution in [0.25, 0.3) is 10.9 Å². The highest BCUT2D eigenvalue weighted by Crippen LogP contribution is 2.22. The lowest BCUT2D eigenvalue weighted by atomic mass is 10.2. The molecule has 4 nitrogen and oxygen atoms in total. The van der Waals surface area contributed by atoms with Gasteiger partial charge in [0.05, 0.1) is 11.2 Å². The minimum absolute atomic E-state index is 0. The molecule has 6 heteroatoms. The van der Waals surface area contributed by atoms with Crippen LogP contribution in [0, 0.1) is 6.92 Å². The molecule has 0 amide bonds. The highest BCUT2D eigenvalue weighted by Gasteiger charge is 2.04. The van der Waals surface area contributed by atoms with Crippen LogP contribution in [0.4, 0.5) is 0 Å². The van der Waals surface area contributed by atoms with Gasteiger partial charge in [-0.25, -0.2) is 4.98 Å². The lowest BCUT2D eigenvalue weighted by Crippen LogP contribution is -1.92. The van der Waals surface area contributed by atoms with Gasteiger partial charge in [0, 0.05) is 22.9 Å². The van der Waals surface area contributed by atoms with Crippen molar-refractivity contribution in [2.75, 3.05) is 0 Å². The van der Waals surface area contributed by atoms with Crippen molar-refractivity contribution in [1.29, 1.82) is 0 Å². The first kappa shape index (κ1) is 15.5. The molecule has 21 heavy (non-hydrogen) atoms. The number of thioether (sulfide) groups is 1. The molecule has 0 unspecified atom stereocenters. The summed E-state index contributed by atoms with van der Waals surface area (Å²) in [5.41, 5.74) is 2.71. The number of hydrogen-bond acceptors (Lipinski definition) is 5. The maximum Gasteiger partial charge on any atom is 0.215 e. The van der Waals surface area contributed by atoms with Crippen molar-refractivity contribution in [2.24, 2.45) is 0 Å². The average molecular weight is 320 g/mol. The van der Waals surface area contributed by atoms with Gasteiger partial charge >= 0.3 is 0 Å². The standard InChI is InChI=1S/C15H13N3OS.ClH/c1-10-8-14(19)18-15(16-10)20-9-12-7-6-11-4-2-3-5-13(11)17-12;/h2-8H,9H2,1H3,(H,16,18,19);1H. The molecule has 0 aliphatic carbocycles. The van der Waals surface area contributed by atoms with Crippen LogP contribution in [-0.2, 0) is 5.75 Å². The van der Waals surface area contributed by atoms with Crippen LogP contribution in [0.2, 0.25) is 0 Å². The molecule has 2 aromatic heterocycles. The summed E-state index contributed by atoms with van der Waals surface area (Å²) in [7, 11) is 0. The summed E-state index contributed by atoms with van der Waals surface area (Å²) in [5.74, 6) is 0.680. The molecule has 3 rings (SSSR count). The molecule has 0 radical (unpaired) electrons. The Kier molecular flexibility index (Phi) is 4.98. The second-order valence-corrected chi connectivity index (χ2v) is 5.38. The summed E-state index contributed by atoms with van der Waals surface area (Å²) < 4.78 is 0. The van der Waals surface area contributed by atoms with E-state index in [9.17, 15) is 5.11 Å². The molecule has 0 spiro atoms. The molecule has 0 saturated heterocycles. The largest absolute Gasteiger partial charge is 0.493 e. The van der Waals surface area contributed by atoms with E-state index in [4.69, 9.17) is 0 Å². The Hall–Kier alpha value is -1.85. The van der Waals surface area contributed by atoms with E-state index in [1.54, 1.807) is 6.07 Å². The Labute approximate surface area is 133 Å². The van der Waals surface area contributed by atoms with Crippen LogP contribution in [0.1, 0.15) is 11.4 Å². The molecule has 0 saturated carbocycles. The Balaban J connectivity index is 0.00000161. The molecule has 1 aromatic carbocycles. The van der Waals surface area contributed by atoms with Crippen molar-refractivity contribution in [1.82, 2.24) is 15.0 Å². The molecular formula is C15H14ClN3OS. The topological polar surface area (TPSA) is 58.9 Å². The first-order chi connectivity index (χ1) is 9.70. The highest BCUT2D eigenvalue weighted by atomic mass is 35.5. The van der Waals surface area contributed by atoms with Crippen molar-refractivity contribution >= 4 is 35.1 Å². The smallest absolute Gasteiger partial charge is 0.215 e. The zero-order valence-corrected chi connectivity index (χ0v) is 13.0. The number of hydrogen-bond donors (Lipinski definition) is 1. The lowest BCUT2D eigenvalue weighted by Gasteiger charge is -2.03. The average Bonchev–Trinajstić information content (AvgIpc) is 2.44. The van der Waals surface area contributed by atoms with E-state index in [0.29, 0.717) is 10.9 Å². The van der Waals surface area contributed by atoms with Crippen molar-refractivity contribution < 1.29 is 5.11 Å². The van der Waals surface area contributed by atoms with Crippen molar-refractivity contribution in [2.45, 2.75) is 17.8 Å². The minimum Gasteiger partial charge on any atom is -0.493 e. The normalized spacial score (nSPS) is 10.3. The number of nitrogens with zero attached hydrogens (tertiary/aromatic N) is 3. The third kappa shape index (κ3) is 3.83. The Bertz CT molecular complexity index is 746. The van der Waals surface area contributed by atoms with Gasteiger partial charge in [-0.2, -0.15) is 4.98 Å². The van der Waals surface area contributed by atoms with Crippen LogP contribution in [-0.4, -0.2) is 20.1 Å². The minimum atomic E-state index is 0. The third-order valence-corrected chi connectivity index (χ3v) is 3.71. The molecule has 3 aromatic rings. The second kappa shape index (κ2) is 6.74. The summed E-state index contributed by atoms with van der Waals surface area (Å²) in [6, 6.07) is 13.6. The molecular weight excluding hydrogens is 306 g/mol. The quantitative estimate of drug-likeness (QED) is 0.588. The van der Waals surface area contributed by atoms with E-state index in [0.717, 1.165) is 22.3 Å². The van der Waals surface area contributed by atoms with E-state index >= 15 is 0 Å². The predicted octanol–water partition coefficient (Wildman–Crippen LogP) is 3.75. The van der Waals surface area contributed by atoms with Crippen molar-refractivity contribution in [3.63, 3.8) is 0 Å². The fourth-order valence-electron chi connectivity index (χ4n) is 1.92. The Morgan fingerprint density at radius 3 is 2.67 bits per heavy atom. The van der Waals surface area contributed by atoms with Crippen molar-refractivity contribution in [3.05, 3.63) is 53.9 Å². The number of rotatable bonds is 3. The van der Waals surface area contributed by atoms with Gasteiger partial charge in [-0.05, 0) is 19.1 Å². The molecule has 0 bridgehead atoms. The number of benzene rings is 1. The van der Waals surface area contributed by atoms with Gasteiger partial charge in [0.1, 0.15) is 0 Å². The SMILES string of the molecule is Cc1cc(O)nc(SCc2ccc3ccccc3n2)n1.Cl. The monoisotopic (exact) mass is 319 g/mol. The lowest BCUT2D eigenvalue weighted by molar-refractivity contribution is 0.444. The van der Waals surface area contributed by atoms with Gasteiger partial charge in [-0.15, -0.1) is 12.4 Å². The zero-order chi connectivity index (χ0) is 13.9. The maximum atomic E-state index is 9.45. The summed E-state index contributed by atoms with van der Waals surface area (Å²) >= 11 is 1.47. The highest BCUT2D eigenvalue weighted by molar-refractivity contribution is 7.98. The van der Waals surface area contributed by atoms with Gasteiger partial charge in [0.15, 0.2) is 5.16 Å². The Morgan fingerprint density at radius 2 is 1.86 bits per heavy atom. The van der Waals surface area contributed by atoms with Crippen LogP contribution >= 0.6 is 24.2 Å². The maximum absolute atomic E-state index is 9.45. The number of fused-ring (bicyclic) bond motifs is 1. The molecule has 1 N–H and O–H groups in total. The molecule has 2 heterocycles. The first-order valence-corrected chi connectivity index (χ1v) is 7.21. The fourth-order valence-corrected chi connectivity index (χ4v) is 2.72. The number of halogens is 1. The Morgan fingerprint density at radius 1 is 1.05 bits per heavy atom. The van der Waals surface area contributed by atoms with Gasteiger partial charge in [-0.3, -0.25) is 4.98 Å². The number of pyridine rings is 1. The molecule has 0 aliphatic rings. The van der Waals surface area contributed by atoms with Crippen molar-refractivity contribution in [3.8, 4) is 5.88 Å². The molecule has 108 valence electrons. The number of aromatic nitrogens is 3. The van der Waals surface area contributed by atoms with Gasteiger partial charge < -0.3 is 5.11 Å². The van der Waals surface area contributed by atoms with E-state index in [1.807, 2.05) is 37.3 Å². The van der Waals surface area contributed by atoms with E-state index in [2.05, 4.69) is 21.0 Å². The van der Waals surface area contributed by atoms with Crippen LogP contribution < -0.4 is 0 Å². The summed E-state index contributed by atoms with van der Waals surface area (Å²) in [4.78, 5) is 12.9. The van der Waals surface area contributed by atoms with Crippen LogP contribution in [0.5, 0.6) is 5.88 Å². The number of para-hydroxylation sites is 1. The van der Waals surface area contributed by atoms with Crippen LogP contribution in [0.3, 0.4) is 0 Å². The fraction of sp³-hybridized carbons (Fsp3) is 0.133. The van der Waals surface area contributed by atoms with E-state index in [-0.39, 0.29) is 18.3 Å². The zero-order valence-electron chi connectivity index (χ0n) is 11.4.